The molecule has 0 saturated heterocycles. The molecule has 4 aliphatic rings. The first-order valence-electron chi connectivity index (χ1n) is 15.7. The summed E-state index contributed by atoms with van der Waals surface area (Å²) in [5.41, 5.74) is 3.62. The molecular formula is C35H53NO. The summed E-state index contributed by atoms with van der Waals surface area (Å²) in [4.78, 5) is 14.9. The van der Waals surface area contributed by atoms with Crippen molar-refractivity contribution in [1.29, 1.82) is 0 Å². The first kappa shape index (κ1) is 27.0. The van der Waals surface area contributed by atoms with Gasteiger partial charge in [0.1, 0.15) is 0 Å². The average molecular weight is 504 g/mol. The third-order valence-electron chi connectivity index (χ3n) is 12.0. The highest BCUT2D eigenvalue weighted by Gasteiger charge is 2.59. The Morgan fingerprint density at radius 2 is 1.73 bits per heavy atom. The average Bonchev–Trinajstić information content (AvgIpc) is 3.22. The molecule has 37 heavy (non-hydrogen) atoms. The number of allylic oxidation sites excluding steroid dienone is 1. The summed E-state index contributed by atoms with van der Waals surface area (Å²) in [5.74, 6) is 5.44. The molecule has 0 radical (unpaired) electrons. The van der Waals surface area contributed by atoms with E-state index in [2.05, 4.69) is 69.9 Å². The fraction of sp³-hybridized carbons (Fsp3) is 0.743. The molecule has 1 aromatic carbocycles. The Morgan fingerprint density at radius 3 is 2.43 bits per heavy atom. The fourth-order valence-electron chi connectivity index (χ4n) is 10.1. The molecule has 2 heteroatoms. The van der Waals surface area contributed by atoms with Crippen molar-refractivity contribution in [2.45, 2.75) is 118 Å². The van der Waals surface area contributed by atoms with E-state index in [-0.39, 0.29) is 5.91 Å². The van der Waals surface area contributed by atoms with Crippen LogP contribution in [0.1, 0.15) is 112 Å². The Labute approximate surface area is 227 Å². The number of amides is 1. The van der Waals surface area contributed by atoms with Gasteiger partial charge in [0.2, 0.25) is 5.91 Å². The normalized spacial score (nSPS) is 37.8. The van der Waals surface area contributed by atoms with Gasteiger partial charge in [-0.15, -0.1) is 0 Å². The molecule has 3 fully saturated rings. The summed E-state index contributed by atoms with van der Waals surface area (Å²) in [6.07, 6.45) is 17.4. The van der Waals surface area contributed by atoms with Crippen molar-refractivity contribution >= 4 is 11.6 Å². The predicted molar refractivity (Wildman–Crippen MR) is 156 cm³/mol. The van der Waals surface area contributed by atoms with E-state index in [9.17, 15) is 4.79 Å². The lowest BCUT2D eigenvalue weighted by molar-refractivity contribution is -0.117. The van der Waals surface area contributed by atoms with Crippen LogP contribution in [0.15, 0.2) is 42.0 Å². The van der Waals surface area contributed by atoms with E-state index in [1.54, 1.807) is 12.5 Å². The highest BCUT2D eigenvalue weighted by atomic mass is 16.2. The number of anilines is 1. The first-order chi connectivity index (χ1) is 17.6. The number of hydrogen-bond donors (Lipinski definition) is 0. The van der Waals surface area contributed by atoms with Gasteiger partial charge in [0.15, 0.2) is 0 Å². The Bertz CT molecular complexity index is 980. The van der Waals surface area contributed by atoms with Gasteiger partial charge >= 0.3 is 0 Å². The lowest BCUT2D eigenvalue weighted by atomic mass is 9.46. The Hall–Kier alpha value is -1.57. The van der Waals surface area contributed by atoms with Gasteiger partial charge in [-0.05, 0) is 110 Å². The third-order valence-corrected chi connectivity index (χ3v) is 12.0. The topological polar surface area (TPSA) is 20.3 Å². The monoisotopic (exact) mass is 503 g/mol. The summed E-state index contributed by atoms with van der Waals surface area (Å²) < 4.78 is 0. The number of hydrogen-bond acceptors (Lipinski definition) is 1. The van der Waals surface area contributed by atoms with Gasteiger partial charge < -0.3 is 4.90 Å². The maximum absolute atomic E-state index is 12.8. The number of benzene rings is 1. The number of carbonyl (C=O) groups is 1. The summed E-state index contributed by atoms with van der Waals surface area (Å²) in [7, 11) is 0. The maximum Gasteiger partial charge on any atom is 0.224 e. The van der Waals surface area contributed by atoms with Gasteiger partial charge in [-0.2, -0.15) is 0 Å². The van der Waals surface area contributed by atoms with E-state index in [0.717, 1.165) is 54.0 Å². The van der Waals surface area contributed by atoms with Crippen LogP contribution in [-0.4, -0.2) is 11.9 Å². The Kier molecular flexibility index (Phi) is 7.69. The van der Waals surface area contributed by atoms with Gasteiger partial charge in [0, 0.05) is 18.7 Å². The Balaban J connectivity index is 1.32. The smallest absolute Gasteiger partial charge is 0.224 e. The standard InChI is InChI=1S/C35H53NO/c1-24(2)11-10-12-25(3)31-17-18-32-30-16-15-27-23-29(36(26(4)37)28-13-8-7-9-14-28)19-21-34(27,5)33(30)20-22-35(31,32)6/h7-9,13-15,24-25,29-33H,10-12,16-23H2,1-6H3. The van der Waals surface area contributed by atoms with Crippen LogP contribution in [-0.2, 0) is 4.79 Å². The highest BCUT2D eigenvalue weighted by molar-refractivity contribution is 5.92. The molecule has 204 valence electrons. The zero-order chi connectivity index (χ0) is 26.4. The van der Waals surface area contributed by atoms with Crippen LogP contribution in [0, 0.1) is 46.3 Å². The van der Waals surface area contributed by atoms with Crippen LogP contribution in [0.2, 0.25) is 0 Å². The molecular weight excluding hydrogens is 450 g/mol. The number of para-hydroxylation sites is 1. The first-order valence-corrected chi connectivity index (χ1v) is 15.7. The van der Waals surface area contributed by atoms with Crippen molar-refractivity contribution in [3.05, 3.63) is 42.0 Å². The van der Waals surface area contributed by atoms with Gasteiger partial charge in [0.25, 0.3) is 0 Å². The largest absolute Gasteiger partial charge is 0.309 e. The zero-order valence-corrected chi connectivity index (χ0v) is 24.6. The van der Waals surface area contributed by atoms with E-state index in [1.807, 2.05) is 6.07 Å². The van der Waals surface area contributed by atoms with Gasteiger partial charge in [0.05, 0.1) is 0 Å². The molecule has 3 saturated carbocycles. The van der Waals surface area contributed by atoms with Crippen molar-refractivity contribution in [2.24, 2.45) is 46.3 Å². The maximum atomic E-state index is 12.8. The van der Waals surface area contributed by atoms with Crippen LogP contribution >= 0.6 is 0 Å². The van der Waals surface area contributed by atoms with E-state index in [4.69, 9.17) is 0 Å². The van der Waals surface area contributed by atoms with Gasteiger partial charge in [-0.1, -0.05) is 83.7 Å². The van der Waals surface area contributed by atoms with Crippen LogP contribution in [0.25, 0.3) is 0 Å². The summed E-state index contributed by atoms with van der Waals surface area (Å²) >= 11 is 0. The molecule has 4 aliphatic carbocycles. The quantitative estimate of drug-likeness (QED) is 0.339. The van der Waals surface area contributed by atoms with Crippen LogP contribution in [0.4, 0.5) is 5.69 Å². The minimum atomic E-state index is 0.182. The van der Waals surface area contributed by atoms with Crippen LogP contribution in [0.5, 0.6) is 0 Å². The minimum Gasteiger partial charge on any atom is -0.309 e. The van der Waals surface area contributed by atoms with Crippen LogP contribution < -0.4 is 4.90 Å². The second-order valence-corrected chi connectivity index (χ2v) is 14.4. The summed E-state index contributed by atoms with van der Waals surface area (Å²) in [6, 6.07) is 10.7. The SMILES string of the molecule is CC(=O)N(c1ccccc1)C1CCC2(C)C(=CCC3C2CCC2(C)C(C(C)CCCC(C)C)CCC32)C1. The van der Waals surface area contributed by atoms with E-state index in [0.29, 0.717) is 16.9 Å². The molecule has 0 aromatic heterocycles. The van der Waals surface area contributed by atoms with Gasteiger partial charge in [-0.3, -0.25) is 4.79 Å². The summed E-state index contributed by atoms with van der Waals surface area (Å²) in [5, 5.41) is 0. The molecule has 2 nitrogen and oxygen atoms in total. The molecule has 0 N–H and O–H groups in total. The lowest BCUT2D eigenvalue weighted by Gasteiger charge is -2.59. The van der Waals surface area contributed by atoms with E-state index in [1.165, 1.54) is 57.8 Å². The molecule has 5 rings (SSSR count). The molecule has 1 aromatic rings. The zero-order valence-electron chi connectivity index (χ0n) is 24.6. The molecule has 8 unspecified atom stereocenters. The Morgan fingerprint density at radius 1 is 0.973 bits per heavy atom. The number of fused-ring (bicyclic) bond motifs is 5. The van der Waals surface area contributed by atoms with Crippen molar-refractivity contribution in [1.82, 2.24) is 0 Å². The predicted octanol–water partition coefficient (Wildman–Crippen LogP) is 9.45. The summed E-state index contributed by atoms with van der Waals surface area (Å²) in [6.45, 7) is 14.4. The molecule has 8 atom stereocenters. The van der Waals surface area contributed by atoms with E-state index < -0.39 is 0 Å². The fourth-order valence-corrected chi connectivity index (χ4v) is 10.1. The second kappa shape index (κ2) is 10.5. The molecule has 0 aliphatic heterocycles. The molecule has 0 heterocycles. The molecule has 0 bridgehead atoms. The van der Waals surface area contributed by atoms with E-state index >= 15 is 0 Å². The van der Waals surface area contributed by atoms with Crippen molar-refractivity contribution < 1.29 is 4.79 Å². The van der Waals surface area contributed by atoms with Crippen molar-refractivity contribution in [2.75, 3.05) is 4.90 Å². The number of carbonyl (C=O) groups excluding carboxylic acids is 1. The lowest BCUT2D eigenvalue weighted by Crippen LogP contribution is -2.52. The highest BCUT2D eigenvalue weighted by Crippen LogP contribution is 2.67. The van der Waals surface area contributed by atoms with Crippen LogP contribution in [0.3, 0.4) is 0 Å². The second-order valence-electron chi connectivity index (χ2n) is 14.4. The third kappa shape index (κ3) is 4.85. The van der Waals surface area contributed by atoms with Crippen molar-refractivity contribution in [3.8, 4) is 0 Å². The molecule has 0 spiro atoms. The van der Waals surface area contributed by atoms with Gasteiger partial charge in [-0.25, -0.2) is 0 Å². The number of nitrogens with zero attached hydrogens (tertiary/aromatic N) is 1. The molecule has 1 amide bonds. The number of rotatable bonds is 7. The van der Waals surface area contributed by atoms with Crippen molar-refractivity contribution in [3.63, 3.8) is 0 Å². The minimum absolute atomic E-state index is 0.182.